The highest BCUT2D eigenvalue weighted by Crippen LogP contribution is 2.66. The SMILES string of the molecule is C[C@H](CCC[C@H](C)C(=O)O)[C@H]1CC[C@H]2C3=CCC4C[C@@H](O)CC[C@]4(C)[C@H]3CC[C@]12C. The van der Waals surface area contributed by atoms with Gasteiger partial charge in [-0.1, -0.05) is 52.2 Å². The van der Waals surface area contributed by atoms with Crippen LogP contribution in [0.15, 0.2) is 11.6 Å². The van der Waals surface area contributed by atoms with E-state index >= 15 is 0 Å². The smallest absolute Gasteiger partial charge is 0.306 e. The van der Waals surface area contributed by atoms with Gasteiger partial charge in [0.1, 0.15) is 0 Å². The van der Waals surface area contributed by atoms with Crippen LogP contribution in [0.1, 0.15) is 98.3 Å². The third kappa shape index (κ3) is 3.67. The first kappa shape index (κ1) is 22.4. The summed E-state index contributed by atoms with van der Waals surface area (Å²) in [6.07, 6.45) is 15.3. The molecule has 170 valence electrons. The molecule has 3 heteroatoms. The van der Waals surface area contributed by atoms with Gasteiger partial charge in [0, 0.05) is 0 Å². The van der Waals surface area contributed by atoms with Gasteiger partial charge in [-0.2, -0.15) is 0 Å². The average molecular weight is 417 g/mol. The summed E-state index contributed by atoms with van der Waals surface area (Å²) in [4.78, 5) is 11.1. The van der Waals surface area contributed by atoms with Crippen molar-refractivity contribution in [2.24, 2.45) is 46.3 Å². The van der Waals surface area contributed by atoms with Crippen LogP contribution >= 0.6 is 0 Å². The number of aliphatic hydroxyl groups excluding tert-OH is 1. The molecule has 0 bridgehead atoms. The van der Waals surface area contributed by atoms with Crippen molar-refractivity contribution in [2.75, 3.05) is 0 Å². The van der Waals surface area contributed by atoms with Crippen LogP contribution in [0.4, 0.5) is 0 Å². The molecule has 0 heterocycles. The van der Waals surface area contributed by atoms with E-state index < -0.39 is 5.97 Å². The molecule has 3 fully saturated rings. The standard InChI is InChI=1S/C27H44O3/c1-17(6-5-7-18(2)25(29)30)22-10-11-23-21-9-8-19-16-20(28)12-14-26(19,3)24(21)13-15-27(22,23)4/h9,17-20,22-24,28H,5-8,10-16H2,1-4H3,(H,29,30)/t17-,18+,19?,20+,22-,23+,24+,26+,27-/m1/s1. The van der Waals surface area contributed by atoms with E-state index in [4.69, 9.17) is 5.11 Å². The van der Waals surface area contributed by atoms with Crippen LogP contribution in [-0.2, 0) is 4.79 Å². The van der Waals surface area contributed by atoms with Crippen molar-refractivity contribution in [3.05, 3.63) is 11.6 Å². The number of hydrogen-bond donors (Lipinski definition) is 2. The Bertz CT molecular complexity index is 684. The summed E-state index contributed by atoms with van der Waals surface area (Å²) in [5.41, 5.74) is 2.63. The van der Waals surface area contributed by atoms with Crippen LogP contribution in [0.2, 0.25) is 0 Å². The summed E-state index contributed by atoms with van der Waals surface area (Å²) in [5, 5.41) is 19.4. The number of allylic oxidation sites excluding steroid dienone is 2. The Kier molecular flexibility index (Phi) is 6.16. The average Bonchev–Trinajstić information content (AvgIpc) is 3.05. The molecule has 4 aliphatic carbocycles. The molecule has 0 aromatic heterocycles. The summed E-state index contributed by atoms with van der Waals surface area (Å²) >= 11 is 0. The van der Waals surface area contributed by atoms with Gasteiger partial charge in [0.15, 0.2) is 0 Å². The van der Waals surface area contributed by atoms with Gasteiger partial charge in [0.05, 0.1) is 12.0 Å². The lowest BCUT2D eigenvalue weighted by Gasteiger charge is -2.57. The molecule has 0 radical (unpaired) electrons. The maximum absolute atomic E-state index is 11.1. The predicted molar refractivity (Wildman–Crippen MR) is 121 cm³/mol. The molecule has 30 heavy (non-hydrogen) atoms. The van der Waals surface area contributed by atoms with Gasteiger partial charge in [-0.3, -0.25) is 4.79 Å². The Labute approximate surface area is 183 Å². The van der Waals surface area contributed by atoms with Gasteiger partial charge in [-0.25, -0.2) is 0 Å². The molecule has 1 unspecified atom stereocenters. The largest absolute Gasteiger partial charge is 0.481 e. The minimum absolute atomic E-state index is 0.0764. The molecule has 2 N–H and O–H groups in total. The third-order valence-corrected chi connectivity index (χ3v) is 10.5. The number of rotatable bonds is 6. The van der Waals surface area contributed by atoms with Crippen molar-refractivity contribution in [3.63, 3.8) is 0 Å². The number of hydrogen-bond acceptors (Lipinski definition) is 2. The summed E-state index contributed by atoms with van der Waals surface area (Å²) < 4.78 is 0. The summed E-state index contributed by atoms with van der Waals surface area (Å²) in [6, 6.07) is 0. The zero-order valence-electron chi connectivity index (χ0n) is 19.7. The topological polar surface area (TPSA) is 57.5 Å². The van der Waals surface area contributed by atoms with Gasteiger partial charge in [0.25, 0.3) is 0 Å². The second-order valence-corrected chi connectivity index (χ2v) is 12.1. The van der Waals surface area contributed by atoms with Crippen LogP contribution in [0.25, 0.3) is 0 Å². The second kappa shape index (κ2) is 8.26. The molecule has 9 atom stereocenters. The summed E-state index contributed by atoms with van der Waals surface area (Å²) in [7, 11) is 0. The van der Waals surface area contributed by atoms with Crippen molar-refractivity contribution in [1.82, 2.24) is 0 Å². The monoisotopic (exact) mass is 416 g/mol. The zero-order valence-corrected chi connectivity index (χ0v) is 19.7. The van der Waals surface area contributed by atoms with Crippen LogP contribution in [0.5, 0.6) is 0 Å². The van der Waals surface area contributed by atoms with E-state index in [1.54, 1.807) is 5.57 Å². The Hall–Kier alpha value is -0.830. The maximum atomic E-state index is 11.1. The van der Waals surface area contributed by atoms with Gasteiger partial charge in [-0.15, -0.1) is 0 Å². The highest BCUT2D eigenvalue weighted by atomic mass is 16.4. The lowest BCUT2D eigenvalue weighted by molar-refractivity contribution is -0.141. The van der Waals surface area contributed by atoms with Crippen LogP contribution < -0.4 is 0 Å². The van der Waals surface area contributed by atoms with E-state index in [1.807, 2.05) is 6.92 Å². The van der Waals surface area contributed by atoms with Crippen molar-refractivity contribution < 1.29 is 15.0 Å². The lowest BCUT2D eigenvalue weighted by Crippen LogP contribution is -2.49. The molecule has 0 spiro atoms. The zero-order chi connectivity index (χ0) is 21.7. The first-order valence-electron chi connectivity index (χ1n) is 12.8. The van der Waals surface area contributed by atoms with E-state index in [0.29, 0.717) is 22.7 Å². The maximum Gasteiger partial charge on any atom is 0.306 e. The molecule has 0 aromatic rings. The summed E-state index contributed by atoms with van der Waals surface area (Å²) in [6.45, 7) is 9.41. The minimum atomic E-state index is -0.653. The molecule has 0 aliphatic heterocycles. The first-order valence-corrected chi connectivity index (χ1v) is 12.8. The highest BCUT2D eigenvalue weighted by Gasteiger charge is 2.58. The van der Waals surface area contributed by atoms with Crippen LogP contribution in [-0.4, -0.2) is 22.3 Å². The number of aliphatic carboxylic acids is 1. The van der Waals surface area contributed by atoms with Crippen LogP contribution in [0.3, 0.4) is 0 Å². The third-order valence-electron chi connectivity index (χ3n) is 10.5. The number of carboxylic acid groups (broad SMARTS) is 1. The molecular formula is C27H44O3. The minimum Gasteiger partial charge on any atom is -0.481 e. The quantitative estimate of drug-likeness (QED) is 0.489. The molecule has 3 nitrogen and oxygen atoms in total. The lowest BCUT2D eigenvalue weighted by atomic mass is 9.47. The number of aliphatic hydroxyl groups is 1. The molecular weight excluding hydrogens is 372 g/mol. The van der Waals surface area contributed by atoms with Crippen LogP contribution in [0, 0.1) is 46.3 Å². The number of fused-ring (bicyclic) bond motifs is 5. The Morgan fingerprint density at radius 3 is 2.50 bits per heavy atom. The van der Waals surface area contributed by atoms with Crippen molar-refractivity contribution in [1.29, 1.82) is 0 Å². The molecule has 0 aromatic carbocycles. The fourth-order valence-electron chi connectivity index (χ4n) is 8.54. The fraction of sp³-hybridized carbons (Fsp3) is 0.889. The van der Waals surface area contributed by atoms with E-state index in [-0.39, 0.29) is 12.0 Å². The van der Waals surface area contributed by atoms with Gasteiger partial charge in [0.2, 0.25) is 0 Å². The van der Waals surface area contributed by atoms with E-state index in [0.717, 1.165) is 43.4 Å². The van der Waals surface area contributed by atoms with E-state index in [9.17, 15) is 9.90 Å². The summed E-state index contributed by atoms with van der Waals surface area (Å²) in [5.74, 6) is 2.78. The molecule has 0 saturated heterocycles. The van der Waals surface area contributed by atoms with Crippen molar-refractivity contribution in [2.45, 2.75) is 104 Å². The number of carbonyl (C=O) groups is 1. The normalized spacial score (nSPS) is 45.0. The Morgan fingerprint density at radius 2 is 1.77 bits per heavy atom. The number of carboxylic acids is 1. The Balaban J connectivity index is 1.45. The van der Waals surface area contributed by atoms with Crippen molar-refractivity contribution >= 4 is 5.97 Å². The second-order valence-electron chi connectivity index (χ2n) is 12.1. The van der Waals surface area contributed by atoms with E-state index in [1.165, 1.54) is 44.9 Å². The molecule has 0 amide bonds. The molecule has 3 saturated carbocycles. The molecule has 4 rings (SSSR count). The highest BCUT2D eigenvalue weighted by molar-refractivity contribution is 5.69. The molecule has 4 aliphatic rings. The first-order chi connectivity index (χ1) is 14.2. The van der Waals surface area contributed by atoms with Gasteiger partial charge < -0.3 is 10.2 Å². The fourth-order valence-corrected chi connectivity index (χ4v) is 8.54. The predicted octanol–water partition coefficient (Wildman–Crippen LogP) is 6.45. The Morgan fingerprint density at radius 1 is 1.07 bits per heavy atom. The van der Waals surface area contributed by atoms with Crippen molar-refractivity contribution in [3.8, 4) is 0 Å². The van der Waals surface area contributed by atoms with Gasteiger partial charge in [-0.05, 0) is 98.2 Å². The van der Waals surface area contributed by atoms with E-state index in [2.05, 4.69) is 26.8 Å². The van der Waals surface area contributed by atoms with Gasteiger partial charge >= 0.3 is 5.97 Å².